The van der Waals surface area contributed by atoms with Crippen molar-refractivity contribution in [3.05, 3.63) is 60.0 Å². The van der Waals surface area contributed by atoms with Crippen LogP contribution < -0.4 is 0 Å². The number of nitrogens with zero attached hydrogens (tertiary/aromatic N) is 2. The molecule has 0 aliphatic carbocycles. The number of piperidine rings is 1. The Hall–Kier alpha value is -2.71. The molecule has 29 heavy (non-hydrogen) atoms. The van der Waals surface area contributed by atoms with E-state index in [2.05, 4.69) is 4.98 Å². The first-order valence-corrected chi connectivity index (χ1v) is 11.1. The van der Waals surface area contributed by atoms with Crippen LogP contribution in [0.5, 0.6) is 0 Å². The van der Waals surface area contributed by atoms with Gasteiger partial charge in [-0.3, -0.25) is 0 Å². The van der Waals surface area contributed by atoms with Crippen LogP contribution in [0.15, 0.2) is 57.8 Å². The number of esters is 1. The predicted molar refractivity (Wildman–Crippen MR) is 107 cm³/mol. The van der Waals surface area contributed by atoms with Gasteiger partial charge in [-0.2, -0.15) is 4.31 Å². The van der Waals surface area contributed by atoms with Crippen LogP contribution in [-0.4, -0.2) is 43.4 Å². The lowest BCUT2D eigenvalue weighted by Gasteiger charge is -2.30. The molecule has 8 heteroatoms. The van der Waals surface area contributed by atoms with Gasteiger partial charge in [0, 0.05) is 19.0 Å². The third kappa shape index (κ3) is 3.90. The number of sulfonamides is 1. The van der Waals surface area contributed by atoms with Gasteiger partial charge in [-0.05, 0) is 56.2 Å². The fraction of sp³-hybridized carbons (Fsp3) is 0.333. The molecule has 1 aromatic heterocycles. The molecule has 1 fully saturated rings. The molecule has 0 radical (unpaired) electrons. The number of carbonyl (C=O) groups excluding carboxylic acids is 1. The smallest absolute Gasteiger partial charge is 0.338 e. The van der Waals surface area contributed by atoms with Gasteiger partial charge in [0.25, 0.3) is 0 Å². The molecule has 0 amide bonds. The fourth-order valence-corrected chi connectivity index (χ4v) is 5.08. The second-order valence-corrected chi connectivity index (χ2v) is 8.90. The SMILES string of the molecule is CCOC(=O)c1ccc(S(=O)(=O)N2CCC[C@H](c3nc4ccccc4o3)C2)cc1. The van der Waals surface area contributed by atoms with Crippen LogP contribution >= 0.6 is 0 Å². The van der Waals surface area contributed by atoms with Crippen molar-refractivity contribution in [1.82, 2.24) is 9.29 Å². The summed E-state index contributed by atoms with van der Waals surface area (Å²) in [5.41, 5.74) is 1.81. The second kappa shape index (κ2) is 7.96. The van der Waals surface area contributed by atoms with Gasteiger partial charge in [-0.25, -0.2) is 18.2 Å². The summed E-state index contributed by atoms with van der Waals surface area (Å²) in [7, 11) is -3.68. The molecule has 7 nitrogen and oxygen atoms in total. The summed E-state index contributed by atoms with van der Waals surface area (Å²) >= 11 is 0. The van der Waals surface area contributed by atoms with Crippen molar-refractivity contribution in [3.63, 3.8) is 0 Å². The van der Waals surface area contributed by atoms with Crippen LogP contribution in [0.2, 0.25) is 0 Å². The Morgan fingerprint density at radius 1 is 1.21 bits per heavy atom. The Balaban J connectivity index is 1.54. The molecule has 4 rings (SSSR count). The van der Waals surface area contributed by atoms with E-state index in [9.17, 15) is 13.2 Å². The van der Waals surface area contributed by atoms with Crippen molar-refractivity contribution >= 4 is 27.1 Å². The molecule has 152 valence electrons. The Bertz CT molecular complexity index is 1090. The maximum Gasteiger partial charge on any atom is 0.338 e. The Labute approximate surface area is 169 Å². The van der Waals surface area contributed by atoms with Crippen molar-refractivity contribution in [2.45, 2.75) is 30.6 Å². The highest BCUT2D eigenvalue weighted by atomic mass is 32.2. The van der Waals surface area contributed by atoms with E-state index in [0.29, 0.717) is 30.1 Å². The van der Waals surface area contributed by atoms with E-state index in [1.807, 2.05) is 24.3 Å². The first-order chi connectivity index (χ1) is 14.0. The molecule has 0 unspecified atom stereocenters. The van der Waals surface area contributed by atoms with Gasteiger partial charge in [0.1, 0.15) is 5.52 Å². The van der Waals surface area contributed by atoms with Crippen molar-refractivity contribution < 1.29 is 22.4 Å². The number of ether oxygens (including phenoxy) is 1. The van der Waals surface area contributed by atoms with E-state index in [0.717, 1.165) is 18.4 Å². The van der Waals surface area contributed by atoms with Crippen LogP contribution in [0.1, 0.15) is 41.9 Å². The van der Waals surface area contributed by atoms with Crippen molar-refractivity contribution in [3.8, 4) is 0 Å². The van der Waals surface area contributed by atoms with Crippen molar-refractivity contribution in [1.29, 1.82) is 0 Å². The Morgan fingerprint density at radius 3 is 2.69 bits per heavy atom. The van der Waals surface area contributed by atoms with Gasteiger partial charge in [0.15, 0.2) is 11.5 Å². The van der Waals surface area contributed by atoms with Gasteiger partial charge < -0.3 is 9.15 Å². The van der Waals surface area contributed by atoms with Gasteiger partial charge in [-0.15, -0.1) is 0 Å². The van der Waals surface area contributed by atoms with Crippen LogP contribution in [0, 0.1) is 0 Å². The first kappa shape index (κ1) is 19.6. The lowest BCUT2D eigenvalue weighted by molar-refractivity contribution is 0.0526. The first-order valence-electron chi connectivity index (χ1n) is 9.62. The fourth-order valence-electron chi connectivity index (χ4n) is 3.55. The number of para-hydroxylation sites is 2. The van der Waals surface area contributed by atoms with Gasteiger partial charge in [-0.1, -0.05) is 12.1 Å². The average molecular weight is 414 g/mol. The molecule has 1 atom stereocenters. The van der Waals surface area contributed by atoms with E-state index >= 15 is 0 Å². The minimum Gasteiger partial charge on any atom is -0.462 e. The minimum absolute atomic E-state index is 0.0928. The van der Waals surface area contributed by atoms with Gasteiger partial charge >= 0.3 is 5.97 Å². The summed E-state index contributed by atoms with van der Waals surface area (Å²) in [6, 6.07) is 13.4. The topological polar surface area (TPSA) is 89.7 Å². The standard InChI is InChI=1S/C21H22N2O5S/c1-2-27-21(24)15-9-11-17(12-10-15)29(25,26)23-13-5-6-16(14-23)20-22-18-7-3-4-8-19(18)28-20/h3-4,7-12,16H,2,5-6,13-14H2,1H3/t16-/m0/s1. The Morgan fingerprint density at radius 2 is 1.97 bits per heavy atom. The summed E-state index contributed by atoms with van der Waals surface area (Å²) in [5.74, 6) is 0.0129. The highest BCUT2D eigenvalue weighted by molar-refractivity contribution is 7.89. The third-order valence-electron chi connectivity index (χ3n) is 5.05. The maximum atomic E-state index is 13.1. The number of carbonyl (C=O) groups is 1. The number of hydrogen-bond acceptors (Lipinski definition) is 6. The zero-order valence-electron chi connectivity index (χ0n) is 16.1. The number of rotatable bonds is 5. The molecule has 2 heterocycles. The molecule has 0 spiro atoms. The molecule has 1 aliphatic heterocycles. The third-order valence-corrected chi connectivity index (χ3v) is 6.93. The molecular weight excluding hydrogens is 392 g/mol. The highest BCUT2D eigenvalue weighted by Gasteiger charge is 2.33. The van der Waals surface area contributed by atoms with E-state index in [-0.39, 0.29) is 17.4 Å². The highest BCUT2D eigenvalue weighted by Crippen LogP contribution is 2.31. The molecule has 3 aromatic rings. The second-order valence-electron chi connectivity index (χ2n) is 6.97. The zero-order valence-corrected chi connectivity index (χ0v) is 16.9. The Kier molecular flexibility index (Phi) is 5.38. The van der Waals surface area contributed by atoms with Crippen LogP contribution in [0.3, 0.4) is 0 Å². The number of benzene rings is 2. The molecule has 0 saturated carbocycles. The normalized spacial score (nSPS) is 18.0. The average Bonchev–Trinajstić information content (AvgIpc) is 3.18. The summed E-state index contributed by atoms with van der Waals surface area (Å²) in [4.78, 5) is 16.5. The maximum absolute atomic E-state index is 13.1. The summed E-state index contributed by atoms with van der Waals surface area (Å²) < 4.78 is 38.5. The molecule has 0 N–H and O–H groups in total. The predicted octanol–water partition coefficient (Wildman–Crippen LogP) is 3.57. The van der Waals surface area contributed by atoms with E-state index in [1.54, 1.807) is 6.92 Å². The monoisotopic (exact) mass is 414 g/mol. The van der Waals surface area contributed by atoms with E-state index < -0.39 is 16.0 Å². The van der Waals surface area contributed by atoms with Crippen molar-refractivity contribution in [2.24, 2.45) is 0 Å². The minimum atomic E-state index is -3.68. The lowest BCUT2D eigenvalue weighted by Crippen LogP contribution is -2.39. The van der Waals surface area contributed by atoms with Gasteiger partial charge in [0.05, 0.1) is 17.1 Å². The number of aromatic nitrogens is 1. The summed E-state index contributed by atoms with van der Waals surface area (Å²) in [5, 5.41) is 0. The molecule has 2 aromatic carbocycles. The lowest BCUT2D eigenvalue weighted by atomic mass is 10.00. The quantitative estimate of drug-likeness (QED) is 0.593. The van der Waals surface area contributed by atoms with E-state index in [1.165, 1.54) is 28.6 Å². The van der Waals surface area contributed by atoms with Crippen LogP contribution in [0.25, 0.3) is 11.1 Å². The largest absolute Gasteiger partial charge is 0.462 e. The molecule has 0 bridgehead atoms. The number of oxazole rings is 1. The summed E-state index contributed by atoms with van der Waals surface area (Å²) in [6.45, 7) is 2.75. The number of hydrogen-bond donors (Lipinski definition) is 0. The van der Waals surface area contributed by atoms with Crippen LogP contribution in [-0.2, 0) is 14.8 Å². The zero-order chi connectivity index (χ0) is 20.4. The molecular formula is C21H22N2O5S. The van der Waals surface area contributed by atoms with E-state index in [4.69, 9.17) is 9.15 Å². The van der Waals surface area contributed by atoms with Gasteiger partial charge in [0.2, 0.25) is 10.0 Å². The van der Waals surface area contributed by atoms with Crippen LogP contribution in [0.4, 0.5) is 0 Å². The molecule has 1 saturated heterocycles. The van der Waals surface area contributed by atoms with Crippen molar-refractivity contribution in [2.75, 3.05) is 19.7 Å². The number of fused-ring (bicyclic) bond motifs is 1. The summed E-state index contributed by atoms with van der Waals surface area (Å²) in [6.07, 6.45) is 1.55. The molecule has 1 aliphatic rings.